The van der Waals surface area contributed by atoms with Crippen molar-refractivity contribution in [3.05, 3.63) is 0 Å². The zero-order valence-corrected chi connectivity index (χ0v) is 11.0. The third-order valence-corrected chi connectivity index (χ3v) is 4.23. The highest BCUT2D eigenvalue weighted by Crippen LogP contribution is 2.27. The molecule has 3 unspecified atom stereocenters. The smallest absolute Gasteiger partial charge is 0.223 e. The maximum atomic E-state index is 11.9. The van der Waals surface area contributed by atoms with Crippen LogP contribution in [-0.2, 0) is 4.79 Å². The van der Waals surface area contributed by atoms with Crippen molar-refractivity contribution < 1.29 is 4.79 Å². The fourth-order valence-electron chi connectivity index (χ4n) is 2.63. The van der Waals surface area contributed by atoms with Gasteiger partial charge in [0.1, 0.15) is 0 Å². The van der Waals surface area contributed by atoms with Crippen LogP contribution < -0.4 is 11.1 Å². The minimum Gasteiger partial charge on any atom is -0.354 e. The first-order valence-electron chi connectivity index (χ1n) is 6.83. The number of amides is 1. The molecule has 1 amide bonds. The molecule has 2 fully saturated rings. The van der Waals surface area contributed by atoms with Gasteiger partial charge in [-0.05, 0) is 46.1 Å². The van der Waals surface area contributed by atoms with E-state index in [1.807, 2.05) is 0 Å². The molecule has 3 N–H and O–H groups in total. The number of nitrogens with one attached hydrogen (secondary N) is 1. The first-order chi connectivity index (χ1) is 8.08. The molecule has 4 heteroatoms. The molecule has 0 bridgehead atoms. The van der Waals surface area contributed by atoms with Crippen molar-refractivity contribution in [3.8, 4) is 0 Å². The molecule has 0 radical (unpaired) electrons. The van der Waals surface area contributed by atoms with Crippen molar-refractivity contribution in [2.45, 2.75) is 57.2 Å². The summed E-state index contributed by atoms with van der Waals surface area (Å²) in [5, 5.41) is 3.07. The highest BCUT2D eigenvalue weighted by atomic mass is 16.1. The normalized spacial score (nSPS) is 30.6. The first kappa shape index (κ1) is 12.8. The summed E-state index contributed by atoms with van der Waals surface area (Å²) in [6.45, 7) is 2.94. The number of carbonyl (C=O) groups excluding carboxylic acids is 1. The molecule has 0 aromatic rings. The van der Waals surface area contributed by atoms with E-state index in [2.05, 4.69) is 24.2 Å². The molecule has 0 saturated heterocycles. The van der Waals surface area contributed by atoms with Gasteiger partial charge >= 0.3 is 0 Å². The molecule has 2 aliphatic rings. The van der Waals surface area contributed by atoms with E-state index in [0.29, 0.717) is 6.04 Å². The molecule has 0 aliphatic heterocycles. The van der Waals surface area contributed by atoms with Gasteiger partial charge < -0.3 is 11.1 Å². The summed E-state index contributed by atoms with van der Waals surface area (Å²) in [7, 11) is 2.15. The van der Waals surface area contributed by atoms with E-state index in [1.54, 1.807) is 0 Å². The van der Waals surface area contributed by atoms with Crippen LogP contribution in [0.25, 0.3) is 0 Å². The van der Waals surface area contributed by atoms with E-state index in [-0.39, 0.29) is 17.9 Å². The zero-order valence-electron chi connectivity index (χ0n) is 11.0. The summed E-state index contributed by atoms with van der Waals surface area (Å²) in [4.78, 5) is 14.3. The summed E-state index contributed by atoms with van der Waals surface area (Å²) in [5.74, 6) is 0.359. The largest absolute Gasteiger partial charge is 0.354 e. The van der Waals surface area contributed by atoms with Crippen LogP contribution in [0, 0.1) is 5.92 Å². The summed E-state index contributed by atoms with van der Waals surface area (Å²) in [6.07, 6.45) is 5.44. The molecular formula is C13H25N3O. The van der Waals surface area contributed by atoms with Crippen molar-refractivity contribution in [1.29, 1.82) is 0 Å². The number of nitrogens with zero attached hydrogens (tertiary/aromatic N) is 1. The number of carbonyl (C=O) groups is 1. The minimum atomic E-state index is 0.156. The van der Waals surface area contributed by atoms with Crippen LogP contribution in [0.5, 0.6) is 0 Å². The number of likely N-dealkylation sites (N-methyl/N-ethyl adjacent to an activating group) is 1. The topological polar surface area (TPSA) is 58.4 Å². The molecule has 3 atom stereocenters. The van der Waals surface area contributed by atoms with Crippen LogP contribution in [0.15, 0.2) is 0 Å². The molecule has 17 heavy (non-hydrogen) atoms. The third kappa shape index (κ3) is 3.42. The Hall–Kier alpha value is -0.610. The monoisotopic (exact) mass is 239 g/mol. The van der Waals surface area contributed by atoms with Crippen molar-refractivity contribution in [2.24, 2.45) is 11.7 Å². The van der Waals surface area contributed by atoms with Crippen LogP contribution in [-0.4, -0.2) is 42.5 Å². The second kappa shape index (κ2) is 5.36. The Morgan fingerprint density at radius 1 is 1.41 bits per heavy atom. The molecule has 2 saturated carbocycles. The SMILES string of the molecule is CC(CNC(=O)C1CCC(N)C1)N(C)C1CC1. The number of rotatable bonds is 5. The first-order valence-corrected chi connectivity index (χ1v) is 6.83. The van der Waals surface area contributed by atoms with Gasteiger partial charge in [0.05, 0.1) is 0 Å². The van der Waals surface area contributed by atoms with Gasteiger partial charge in [-0.3, -0.25) is 9.69 Å². The number of hydrogen-bond donors (Lipinski definition) is 2. The van der Waals surface area contributed by atoms with Gasteiger partial charge in [0, 0.05) is 30.6 Å². The van der Waals surface area contributed by atoms with E-state index in [9.17, 15) is 4.79 Å². The molecule has 0 spiro atoms. The van der Waals surface area contributed by atoms with Crippen molar-refractivity contribution in [3.63, 3.8) is 0 Å². The van der Waals surface area contributed by atoms with Crippen molar-refractivity contribution in [1.82, 2.24) is 10.2 Å². The lowest BCUT2D eigenvalue weighted by Gasteiger charge is -2.25. The molecule has 98 valence electrons. The average Bonchev–Trinajstić information content (AvgIpc) is 3.07. The van der Waals surface area contributed by atoms with E-state index in [4.69, 9.17) is 5.73 Å². The lowest BCUT2D eigenvalue weighted by molar-refractivity contribution is -0.125. The molecular weight excluding hydrogens is 214 g/mol. The molecule has 4 nitrogen and oxygen atoms in total. The summed E-state index contributed by atoms with van der Waals surface area (Å²) in [5.41, 5.74) is 5.83. The Morgan fingerprint density at radius 3 is 2.65 bits per heavy atom. The Morgan fingerprint density at radius 2 is 2.12 bits per heavy atom. The molecule has 2 aliphatic carbocycles. The van der Waals surface area contributed by atoms with Gasteiger partial charge in [-0.25, -0.2) is 0 Å². The molecule has 0 aromatic carbocycles. The Labute approximate surface area is 104 Å². The molecule has 2 rings (SSSR count). The van der Waals surface area contributed by atoms with Crippen LogP contribution in [0.4, 0.5) is 0 Å². The van der Waals surface area contributed by atoms with Crippen LogP contribution >= 0.6 is 0 Å². The van der Waals surface area contributed by atoms with Gasteiger partial charge in [-0.2, -0.15) is 0 Å². The van der Waals surface area contributed by atoms with Gasteiger partial charge in [-0.15, -0.1) is 0 Å². The maximum absolute atomic E-state index is 11.9. The molecule has 0 aromatic heterocycles. The van der Waals surface area contributed by atoms with Gasteiger partial charge in [-0.1, -0.05) is 0 Å². The van der Waals surface area contributed by atoms with Gasteiger partial charge in [0.25, 0.3) is 0 Å². The van der Waals surface area contributed by atoms with Gasteiger partial charge in [0.15, 0.2) is 0 Å². The number of nitrogens with two attached hydrogens (primary N) is 1. The number of hydrogen-bond acceptors (Lipinski definition) is 3. The highest BCUT2D eigenvalue weighted by Gasteiger charge is 2.30. The zero-order chi connectivity index (χ0) is 12.4. The van der Waals surface area contributed by atoms with Gasteiger partial charge in [0.2, 0.25) is 5.91 Å². The Bertz CT molecular complexity index is 278. The summed E-state index contributed by atoms with van der Waals surface area (Å²) < 4.78 is 0. The fourth-order valence-corrected chi connectivity index (χ4v) is 2.63. The van der Waals surface area contributed by atoms with E-state index >= 15 is 0 Å². The van der Waals surface area contributed by atoms with E-state index in [1.165, 1.54) is 12.8 Å². The highest BCUT2D eigenvalue weighted by molar-refractivity contribution is 5.79. The Balaban J connectivity index is 1.68. The van der Waals surface area contributed by atoms with E-state index < -0.39 is 0 Å². The van der Waals surface area contributed by atoms with Crippen molar-refractivity contribution in [2.75, 3.05) is 13.6 Å². The maximum Gasteiger partial charge on any atom is 0.223 e. The Kier molecular flexibility index (Phi) is 4.05. The van der Waals surface area contributed by atoms with E-state index in [0.717, 1.165) is 31.8 Å². The minimum absolute atomic E-state index is 0.156. The molecule has 0 heterocycles. The lowest BCUT2D eigenvalue weighted by atomic mass is 10.1. The average molecular weight is 239 g/mol. The predicted molar refractivity (Wildman–Crippen MR) is 68.6 cm³/mol. The standard InChI is InChI=1S/C13H25N3O/c1-9(16(2)12-5-6-12)8-15-13(17)10-3-4-11(14)7-10/h9-12H,3-8,14H2,1-2H3,(H,15,17). The van der Waals surface area contributed by atoms with Crippen LogP contribution in [0.3, 0.4) is 0 Å². The summed E-state index contributed by atoms with van der Waals surface area (Å²) >= 11 is 0. The van der Waals surface area contributed by atoms with Crippen LogP contribution in [0.2, 0.25) is 0 Å². The summed E-state index contributed by atoms with van der Waals surface area (Å²) in [6, 6.07) is 1.42. The van der Waals surface area contributed by atoms with Crippen molar-refractivity contribution >= 4 is 5.91 Å². The fraction of sp³-hybridized carbons (Fsp3) is 0.923. The predicted octanol–water partition coefficient (Wildman–Crippen LogP) is 0.713. The lowest BCUT2D eigenvalue weighted by Crippen LogP contribution is -2.42. The second-order valence-electron chi connectivity index (χ2n) is 5.76. The quantitative estimate of drug-likeness (QED) is 0.743. The van der Waals surface area contributed by atoms with Crippen LogP contribution in [0.1, 0.15) is 39.0 Å². The second-order valence-corrected chi connectivity index (χ2v) is 5.76. The third-order valence-electron chi connectivity index (χ3n) is 4.23.